The van der Waals surface area contributed by atoms with E-state index in [0.29, 0.717) is 11.3 Å². The number of nitriles is 1. The second kappa shape index (κ2) is 4.88. The molecule has 1 aromatic rings. The van der Waals surface area contributed by atoms with Crippen molar-refractivity contribution in [1.29, 1.82) is 5.26 Å². The molecule has 90 valence electrons. The fourth-order valence-corrected chi connectivity index (χ4v) is 1.60. The van der Waals surface area contributed by atoms with E-state index in [2.05, 4.69) is 0 Å². The lowest BCUT2D eigenvalue weighted by Gasteiger charge is -2.18. The van der Waals surface area contributed by atoms with Crippen molar-refractivity contribution in [1.82, 2.24) is 0 Å². The molecule has 0 radical (unpaired) electrons. The maximum Gasteiger partial charge on any atom is 0.328 e. The highest BCUT2D eigenvalue weighted by Gasteiger charge is 2.35. The largest absolute Gasteiger partial charge is 0.496 e. The van der Waals surface area contributed by atoms with Crippen molar-refractivity contribution < 1.29 is 14.6 Å². The molecule has 17 heavy (non-hydrogen) atoms. The summed E-state index contributed by atoms with van der Waals surface area (Å²) < 4.78 is 5.17. The first kappa shape index (κ1) is 13.0. The first-order chi connectivity index (χ1) is 7.99. The topological polar surface area (TPSA) is 70.3 Å². The van der Waals surface area contributed by atoms with Crippen LogP contribution >= 0.6 is 0 Å². The molecule has 0 saturated carbocycles. The van der Waals surface area contributed by atoms with Gasteiger partial charge in [0.1, 0.15) is 5.75 Å². The summed E-state index contributed by atoms with van der Waals surface area (Å²) in [4.78, 5) is 11.2. The van der Waals surface area contributed by atoms with Gasteiger partial charge in [0.25, 0.3) is 0 Å². The molecule has 1 unspecified atom stereocenters. The quantitative estimate of drug-likeness (QED) is 0.864. The van der Waals surface area contributed by atoms with Gasteiger partial charge in [-0.3, -0.25) is 4.79 Å². The van der Waals surface area contributed by atoms with Gasteiger partial charge < -0.3 is 9.84 Å². The monoisotopic (exact) mass is 233 g/mol. The normalized spacial score (nSPS) is 13.5. The van der Waals surface area contributed by atoms with Crippen LogP contribution in [0.2, 0.25) is 0 Å². The molecule has 0 aliphatic carbocycles. The molecular formula is C13H15NO3. The summed E-state index contributed by atoms with van der Waals surface area (Å²) in [5.74, 6) is -0.436. The van der Waals surface area contributed by atoms with Gasteiger partial charge in [0.2, 0.25) is 0 Å². The van der Waals surface area contributed by atoms with Crippen LogP contribution in [0.3, 0.4) is 0 Å². The highest BCUT2D eigenvalue weighted by Crippen LogP contribution is 2.28. The number of hydrogen-bond acceptors (Lipinski definition) is 3. The number of nitrogens with zero attached hydrogens (tertiary/aromatic N) is 1. The Labute approximate surface area is 100 Å². The van der Waals surface area contributed by atoms with Gasteiger partial charge in [-0.15, -0.1) is 0 Å². The molecule has 1 aromatic carbocycles. The van der Waals surface area contributed by atoms with Gasteiger partial charge in [-0.05, 0) is 36.6 Å². The molecule has 1 N–H and O–H groups in total. The standard InChI is InChI=1S/C13H15NO3/c1-4-9-7-10(5-6-11(9)17-3)13(2,8-14)12(15)16/h5-7H,4H2,1-3H3,(H,15,16). The van der Waals surface area contributed by atoms with Crippen molar-refractivity contribution in [3.05, 3.63) is 29.3 Å². The number of carboxylic acids is 1. The van der Waals surface area contributed by atoms with Crippen molar-refractivity contribution in [3.63, 3.8) is 0 Å². The molecule has 4 nitrogen and oxygen atoms in total. The summed E-state index contributed by atoms with van der Waals surface area (Å²) in [5, 5.41) is 18.2. The summed E-state index contributed by atoms with van der Waals surface area (Å²) in [6.45, 7) is 3.35. The van der Waals surface area contributed by atoms with Crippen molar-refractivity contribution >= 4 is 5.97 Å². The molecule has 4 heteroatoms. The lowest BCUT2D eigenvalue weighted by atomic mass is 9.83. The van der Waals surface area contributed by atoms with E-state index >= 15 is 0 Å². The fourth-order valence-electron chi connectivity index (χ4n) is 1.60. The number of ether oxygens (including phenoxy) is 1. The Kier molecular flexibility index (Phi) is 3.74. The fraction of sp³-hybridized carbons (Fsp3) is 0.385. The first-order valence-corrected chi connectivity index (χ1v) is 5.31. The van der Waals surface area contributed by atoms with Gasteiger partial charge in [-0.1, -0.05) is 13.0 Å². The number of benzene rings is 1. The SMILES string of the molecule is CCc1cc(C(C)(C#N)C(=O)O)ccc1OC. The summed E-state index contributed by atoms with van der Waals surface area (Å²) in [6, 6.07) is 6.88. The number of carbonyl (C=O) groups is 1. The van der Waals surface area contributed by atoms with Gasteiger partial charge in [0.05, 0.1) is 13.2 Å². The lowest BCUT2D eigenvalue weighted by molar-refractivity contribution is -0.141. The molecule has 0 saturated heterocycles. The Morgan fingerprint density at radius 1 is 1.59 bits per heavy atom. The second-order valence-electron chi connectivity index (χ2n) is 3.92. The molecule has 0 aromatic heterocycles. The minimum atomic E-state index is -1.52. The first-order valence-electron chi connectivity index (χ1n) is 5.31. The molecule has 0 bridgehead atoms. The van der Waals surface area contributed by atoms with Crippen LogP contribution in [0, 0.1) is 11.3 Å². The van der Waals surface area contributed by atoms with Crippen molar-refractivity contribution in [3.8, 4) is 11.8 Å². The number of carboxylic acid groups (broad SMARTS) is 1. The Morgan fingerprint density at radius 3 is 2.65 bits per heavy atom. The predicted octanol–water partition coefficient (Wildman–Crippen LogP) is 2.12. The zero-order valence-corrected chi connectivity index (χ0v) is 10.2. The molecule has 0 fully saturated rings. The molecular weight excluding hydrogens is 218 g/mol. The van der Waals surface area contributed by atoms with E-state index in [1.807, 2.05) is 13.0 Å². The molecule has 0 aliphatic heterocycles. The van der Waals surface area contributed by atoms with Crippen molar-refractivity contribution in [2.45, 2.75) is 25.7 Å². The zero-order chi connectivity index (χ0) is 13.1. The number of aliphatic carboxylic acids is 1. The van der Waals surface area contributed by atoms with Crippen LogP contribution in [-0.4, -0.2) is 18.2 Å². The molecule has 0 heterocycles. The van der Waals surface area contributed by atoms with Crippen molar-refractivity contribution in [2.75, 3.05) is 7.11 Å². The third kappa shape index (κ3) is 2.23. The number of aryl methyl sites for hydroxylation is 1. The van der Waals surface area contributed by atoms with E-state index < -0.39 is 11.4 Å². The predicted molar refractivity (Wildman–Crippen MR) is 63.0 cm³/mol. The van der Waals surface area contributed by atoms with E-state index in [1.165, 1.54) is 6.92 Å². The van der Waals surface area contributed by atoms with Crippen LogP contribution in [0.15, 0.2) is 18.2 Å². The molecule has 1 atom stereocenters. The average Bonchev–Trinajstić information content (AvgIpc) is 2.36. The summed E-state index contributed by atoms with van der Waals surface area (Å²) in [7, 11) is 1.56. The molecule has 0 amide bonds. The maximum atomic E-state index is 11.2. The van der Waals surface area contributed by atoms with Crippen LogP contribution in [0.1, 0.15) is 25.0 Å². The smallest absolute Gasteiger partial charge is 0.328 e. The van der Waals surface area contributed by atoms with E-state index in [9.17, 15) is 4.79 Å². The Balaban J connectivity index is 3.34. The van der Waals surface area contributed by atoms with Crippen LogP contribution in [0.5, 0.6) is 5.75 Å². The van der Waals surface area contributed by atoms with Gasteiger partial charge in [0, 0.05) is 0 Å². The number of hydrogen-bond donors (Lipinski definition) is 1. The molecule has 1 rings (SSSR count). The Morgan fingerprint density at radius 2 is 2.24 bits per heavy atom. The van der Waals surface area contributed by atoms with Gasteiger partial charge >= 0.3 is 5.97 Å². The minimum Gasteiger partial charge on any atom is -0.496 e. The third-order valence-electron chi connectivity index (χ3n) is 2.89. The van der Waals surface area contributed by atoms with Gasteiger partial charge in [-0.2, -0.15) is 5.26 Å². The highest BCUT2D eigenvalue weighted by atomic mass is 16.5. The average molecular weight is 233 g/mol. The van der Waals surface area contributed by atoms with Crippen LogP contribution in [0.4, 0.5) is 0 Å². The van der Waals surface area contributed by atoms with E-state index in [1.54, 1.807) is 25.3 Å². The molecule has 0 spiro atoms. The number of methoxy groups -OCH3 is 1. The summed E-state index contributed by atoms with van der Waals surface area (Å²) in [5.41, 5.74) is -0.145. The zero-order valence-electron chi connectivity index (χ0n) is 10.2. The van der Waals surface area contributed by atoms with E-state index in [-0.39, 0.29) is 0 Å². The minimum absolute atomic E-state index is 0.477. The highest BCUT2D eigenvalue weighted by molar-refractivity contribution is 5.84. The van der Waals surface area contributed by atoms with Crippen LogP contribution in [-0.2, 0) is 16.6 Å². The maximum absolute atomic E-state index is 11.2. The molecule has 0 aliphatic rings. The Bertz CT molecular complexity index is 476. The van der Waals surface area contributed by atoms with Gasteiger partial charge in [-0.25, -0.2) is 0 Å². The van der Waals surface area contributed by atoms with Gasteiger partial charge in [0.15, 0.2) is 5.41 Å². The Hall–Kier alpha value is -2.02. The number of rotatable bonds is 4. The second-order valence-corrected chi connectivity index (χ2v) is 3.92. The van der Waals surface area contributed by atoms with Crippen LogP contribution in [0.25, 0.3) is 0 Å². The van der Waals surface area contributed by atoms with Crippen LogP contribution < -0.4 is 4.74 Å². The summed E-state index contributed by atoms with van der Waals surface area (Å²) in [6.07, 6.45) is 0.720. The van der Waals surface area contributed by atoms with Crippen molar-refractivity contribution in [2.24, 2.45) is 0 Å². The lowest BCUT2D eigenvalue weighted by Crippen LogP contribution is -2.30. The van der Waals surface area contributed by atoms with E-state index in [4.69, 9.17) is 15.1 Å². The third-order valence-corrected chi connectivity index (χ3v) is 2.89. The van der Waals surface area contributed by atoms with E-state index in [0.717, 1.165) is 12.0 Å². The summed E-state index contributed by atoms with van der Waals surface area (Å²) >= 11 is 0.